The molecule has 1 aromatic rings. The highest BCUT2D eigenvalue weighted by Crippen LogP contribution is 2.38. The molecular formula is C20H26N2O2S. The Bertz CT molecular complexity index is 653. The van der Waals surface area contributed by atoms with Gasteiger partial charge in [-0.15, -0.1) is 0 Å². The van der Waals surface area contributed by atoms with Crippen molar-refractivity contribution in [2.45, 2.75) is 76.3 Å². The average Bonchev–Trinajstić information content (AvgIpc) is 3.26. The van der Waals surface area contributed by atoms with Crippen LogP contribution in [0.3, 0.4) is 0 Å². The topological polar surface area (TPSA) is 45.8 Å². The summed E-state index contributed by atoms with van der Waals surface area (Å²) in [7, 11) is 0. The van der Waals surface area contributed by atoms with E-state index >= 15 is 0 Å². The molecule has 2 aliphatic carbocycles. The molecule has 0 unspecified atom stereocenters. The summed E-state index contributed by atoms with van der Waals surface area (Å²) in [5.41, 5.74) is 0.943. The molecule has 25 heavy (non-hydrogen) atoms. The van der Waals surface area contributed by atoms with Crippen LogP contribution in [0.2, 0.25) is 0 Å². The van der Waals surface area contributed by atoms with E-state index < -0.39 is 0 Å². The molecule has 0 spiro atoms. The zero-order valence-electron chi connectivity index (χ0n) is 14.7. The van der Waals surface area contributed by atoms with Crippen LogP contribution in [0.1, 0.15) is 69.8 Å². The maximum atomic E-state index is 13.1. The third-order valence-electron chi connectivity index (χ3n) is 5.49. The van der Waals surface area contributed by atoms with Gasteiger partial charge in [0.2, 0.25) is 0 Å². The van der Waals surface area contributed by atoms with Crippen LogP contribution in [-0.2, 0) is 4.79 Å². The monoisotopic (exact) mass is 358 g/mol. The predicted molar refractivity (Wildman–Crippen MR) is 102 cm³/mol. The molecule has 1 aliphatic heterocycles. The Kier molecular flexibility index (Phi) is 5.30. The first-order valence-electron chi connectivity index (χ1n) is 9.64. The first kappa shape index (κ1) is 17.0. The van der Waals surface area contributed by atoms with Crippen LogP contribution in [0.5, 0.6) is 0 Å². The maximum Gasteiger partial charge on any atom is 0.267 e. The Labute approximate surface area is 153 Å². The molecule has 0 atom stereocenters. The van der Waals surface area contributed by atoms with Crippen molar-refractivity contribution in [1.29, 1.82) is 0 Å². The number of hydrogen-bond acceptors (Lipinski definition) is 4. The lowest BCUT2D eigenvalue weighted by molar-refractivity contribution is -0.124. The average molecular weight is 359 g/mol. The summed E-state index contributed by atoms with van der Waals surface area (Å²) in [4.78, 5) is 20.9. The van der Waals surface area contributed by atoms with Crippen molar-refractivity contribution in [3.8, 4) is 0 Å². The molecule has 1 amide bonds. The second-order valence-corrected chi connectivity index (χ2v) is 8.35. The highest BCUT2D eigenvalue weighted by molar-refractivity contribution is 8.18. The van der Waals surface area contributed by atoms with E-state index in [-0.39, 0.29) is 5.91 Å². The van der Waals surface area contributed by atoms with Crippen molar-refractivity contribution in [2.24, 2.45) is 4.99 Å². The van der Waals surface area contributed by atoms with E-state index in [9.17, 15) is 4.79 Å². The Morgan fingerprint density at radius 1 is 1.08 bits per heavy atom. The summed E-state index contributed by atoms with van der Waals surface area (Å²) in [5.74, 6) is 0.132. The number of hydrogen-bond donors (Lipinski definition) is 0. The summed E-state index contributed by atoms with van der Waals surface area (Å²) in [6, 6.07) is 2.61. The zero-order valence-corrected chi connectivity index (χ0v) is 15.5. The summed E-state index contributed by atoms with van der Waals surface area (Å²) in [5, 5.41) is 0.943. The van der Waals surface area contributed by atoms with Gasteiger partial charge in [-0.2, -0.15) is 0 Å². The molecule has 1 saturated heterocycles. The third-order valence-corrected chi connectivity index (χ3v) is 6.48. The predicted octanol–water partition coefficient (Wildman–Crippen LogP) is 5.22. The van der Waals surface area contributed by atoms with Crippen LogP contribution in [0, 0.1) is 0 Å². The summed E-state index contributed by atoms with van der Waals surface area (Å²) in [6.07, 6.45) is 17.4. The van der Waals surface area contributed by atoms with Gasteiger partial charge >= 0.3 is 0 Å². The number of rotatable bonds is 3. The van der Waals surface area contributed by atoms with Gasteiger partial charge in [0.15, 0.2) is 5.17 Å². The molecule has 2 saturated carbocycles. The Balaban J connectivity index is 1.61. The first-order chi connectivity index (χ1) is 12.3. The molecule has 0 radical (unpaired) electrons. The van der Waals surface area contributed by atoms with Crippen molar-refractivity contribution < 1.29 is 9.21 Å². The molecule has 5 heteroatoms. The van der Waals surface area contributed by atoms with Gasteiger partial charge in [0.1, 0.15) is 0 Å². The van der Waals surface area contributed by atoms with E-state index in [0.717, 1.165) is 41.3 Å². The normalized spacial score (nSPS) is 26.9. The Hall–Kier alpha value is -1.49. The summed E-state index contributed by atoms with van der Waals surface area (Å²) < 4.78 is 5.14. The lowest BCUT2D eigenvalue weighted by atomic mass is 9.94. The van der Waals surface area contributed by atoms with Crippen molar-refractivity contribution in [3.05, 3.63) is 29.1 Å². The van der Waals surface area contributed by atoms with E-state index in [4.69, 9.17) is 9.41 Å². The van der Waals surface area contributed by atoms with Crippen molar-refractivity contribution in [1.82, 2.24) is 4.90 Å². The molecule has 3 aliphatic rings. The maximum absolute atomic E-state index is 13.1. The number of furan rings is 1. The second kappa shape index (κ2) is 7.81. The SMILES string of the molecule is O=C1C(=Cc2ccoc2)SC(=NC2CCCCC2)N1C1CCCCC1. The highest BCUT2D eigenvalue weighted by atomic mass is 32.2. The smallest absolute Gasteiger partial charge is 0.267 e. The second-order valence-electron chi connectivity index (χ2n) is 7.34. The molecule has 134 valence electrons. The minimum Gasteiger partial charge on any atom is -0.472 e. The molecule has 4 nitrogen and oxygen atoms in total. The van der Waals surface area contributed by atoms with Gasteiger partial charge in [-0.1, -0.05) is 38.5 Å². The standard InChI is InChI=1S/C20H26N2O2S/c23-19-18(13-15-11-12-24-14-15)25-20(21-16-7-3-1-4-8-16)22(19)17-9-5-2-6-10-17/h11-14,16-17H,1-10H2. The van der Waals surface area contributed by atoms with Crippen LogP contribution in [0.15, 0.2) is 32.9 Å². The molecule has 0 N–H and O–H groups in total. The molecule has 4 rings (SSSR count). The zero-order chi connectivity index (χ0) is 17.1. The minimum absolute atomic E-state index is 0.132. The van der Waals surface area contributed by atoms with Crippen LogP contribution in [0.4, 0.5) is 0 Å². The van der Waals surface area contributed by atoms with E-state index in [0.29, 0.717) is 12.1 Å². The van der Waals surface area contributed by atoms with Gasteiger partial charge < -0.3 is 4.42 Å². The third kappa shape index (κ3) is 3.86. The number of thioether (sulfide) groups is 1. The largest absolute Gasteiger partial charge is 0.472 e. The van der Waals surface area contributed by atoms with Crippen LogP contribution in [-0.4, -0.2) is 28.1 Å². The fourth-order valence-corrected chi connectivity index (χ4v) is 5.22. The quantitative estimate of drug-likeness (QED) is 0.696. The van der Waals surface area contributed by atoms with E-state index in [2.05, 4.69) is 0 Å². The minimum atomic E-state index is 0.132. The Morgan fingerprint density at radius 2 is 1.80 bits per heavy atom. The van der Waals surface area contributed by atoms with Crippen LogP contribution >= 0.6 is 11.8 Å². The van der Waals surface area contributed by atoms with Gasteiger partial charge in [-0.25, -0.2) is 0 Å². The fourth-order valence-electron chi connectivity index (χ4n) is 4.11. The number of carbonyl (C=O) groups is 1. The van der Waals surface area contributed by atoms with Gasteiger partial charge in [-0.05, 0) is 49.6 Å². The number of aliphatic imine (C=N–C) groups is 1. The van der Waals surface area contributed by atoms with E-state index in [1.165, 1.54) is 38.5 Å². The fraction of sp³-hybridized carbons (Fsp3) is 0.600. The number of amides is 1. The first-order valence-corrected chi connectivity index (χ1v) is 10.5. The molecule has 3 fully saturated rings. The molecule has 2 heterocycles. The lowest BCUT2D eigenvalue weighted by Gasteiger charge is -2.31. The summed E-state index contributed by atoms with van der Waals surface area (Å²) in [6.45, 7) is 0. The van der Waals surface area contributed by atoms with E-state index in [1.807, 2.05) is 17.0 Å². The molecule has 1 aromatic heterocycles. The molecule has 0 bridgehead atoms. The van der Waals surface area contributed by atoms with Gasteiger partial charge in [0, 0.05) is 11.6 Å². The Morgan fingerprint density at radius 3 is 2.48 bits per heavy atom. The number of nitrogens with zero attached hydrogens (tertiary/aromatic N) is 2. The van der Waals surface area contributed by atoms with Crippen molar-refractivity contribution >= 4 is 28.9 Å². The summed E-state index contributed by atoms with van der Waals surface area (Å²) >= 11 is 1.56. The lowest BCUT2D eigenvalue weighted by Crippen LogP contribution is -2.41. The van der Waals surface area contributed by atoms with Crippen molar-refractivity contribution in [3.63, 3.8) is 0 Å². The van der Waals surface area contributed by atoms with Gasteiger partial charge in [0.05, 0.1) is 23.5 Å². The van der Waals surface area contributed by atoms with Crippen LogP contribution in [0.25, 0.3) is 6.08 Å². The van der Waals surface area contributed by atoms with Crippen LogP contribution < -0.4 is 0 Å². The molecular weight excluding hydrogens is 332 g/mol. The van der Waals surface area contributed by atoms with Gasteiger partial charge in [-0.3, -0.25) is 14.7 Å². The number of carbonyl (C=O) groups excluding carboxylic acids is 1. The number of amidine groups is 1. The van der Waals surface area contributed by atoms with Crippen molar-refractivity contribution in [2.75, 3.05) is 0 Å². The van der Waals surface area contributed by atoms with E-state index in [1.54, 1.807) is 24.3 Å². The van der Waals surface area contributed by atoms with Gasteiger partial charge in [0.25, 0.3) is 5.91 Å². The molecule has 0 aromatic carbocycles. The highest BCUT2D eigenvalue weighted by Gasteiger charge is 2.39.